The first kappa shape index (κ1) is 15.0. The molecule has 0 bridgehead atoms. The van der Waals surface area contributed by atoms with Gasteiger partial charge in [0.25, 0.3) is 0 Å². The van der Waals surface area contributed by atoms with E-state index in [0.29, 0.717) is 12.5 Å². The van der Waals surface area contributed by atoms with Crippen LogP contribution in [0.3, 0.4) is 0 Å². The molecule has 0 aliphatic heterocycles. The third-order valence-corrected chi connectivity index (χ3v) is 3.19. The van der Waals surface area contributed by atoms with Gasteiger partial charge in [-0.2, -0.15) is 0 Å². The minimum Gasteiger partial charge on any atom is -0.458 e. The van der Waals surface area contributed by atoms with E-state index in [9.17, 15) is 4.79 Å². The van der Waals surface area contributed by atoms with E-state index in [4.69, 9.17) is 4.74 Å². The fourth-order valence-corrected chi connectivity index (χ4v) is 2.07. The molecule has 0 saturated heterocycles. The van der Waals surface area contributed by atoms with Crippen molar-refractivity contribution in [2.24, 2.45) is 5.92 Å². The summed E-state index contributed by atoms with van der Waals surface area (Å²) in [5.41, 5.74) is 2.27. The third-order valence-electron chi connectivity index (χ3n) is 3.19. The van der Waals surface area contributed by atoms with Crippen molar-refractivity contribution < 1.29 is 9.53 Å². The van der Waals surface area contributed by atoms with Crippen molar-refractivity contribution >= 4 is 5.97 Å². The quantitative estimate of drug-likeness (QED) is 0.586. The average molecular weight is 280 g/mol. The van der Waals surface area contributed by atoms with Gasteiger partial charge in [0, 0.05) is 6.08 Å². The molecule has 0 aliphatic carbocycles. The van der Waals surface area contributed by atoms with E-state index in [0.717, 1.165) is 12.0 Å². The van der Waals surface area contributed by atoms with Gasteiger partial charge in [-0.3, -0.25) is 0 Å². The third kappa shape index (κ3) is 5.65. The maximum absolute atomic E-state index is 11.7. The highest BCUT2D eigenvalue weighted by atomic mass is 16.5. The lowest BCUT2D eigenvalue weighted by molar-refractivity contribution is -0.139. The summed E-state index contributed by atoms with van der Waals surface area (Å²) in [6, 6.07) is 19.9. The van der Waals surface area contributed by atoms with Gasteiger partial charge in [-0.05, 0) is 23.5 Å². The summed E-state index contributed by atoms with van der Waals surface area (Å²) in [5.74, 6) is 0.00967. The van der Waals surface area contributed by atoms with E-state index >= 15 is 0 Å². The molecule has 0 fully saturated rings. The largest absolute Gasteiger partial charge is 0.458 e. The monoisotopic (exact) mass is 280 g/mol. The fraction of sp³-hybridized carbons (Fsp3) is 0.211. The average Bonchev–Trinajstić information content (AvgIpc) is 2.53. The number of carbonyl (C=O) groups is 1. The minimum atomic E-state index is -0.293. The molecule has 2 aromatic carbocycles. The number of esters is 1. The highest BCUT2D eigenvalue weighted by molar-refractivity contribution is 5.81. The number of rotatable bonds is 6. The first-order valence-corrected chi connectivity index (χ1v) is 7.17. The van der Waals surface area contributed by atoms with E-state index in [1.165, 1.54) is 11.6 Å². The zero-order valence-corrected chi connectivity index (χ0v) is 12.2. The lowest BCUT2D eigenvalue weighted by atomic mass is 10.0. The van der Waals surface area contributed by atoms with Crippen LogP contribution in [0.2, 0.25) is 0 Å². The molecule has 2 nitrogen and oxygen atoms in total. The van der Waals surface area contributed by atoms with Gasteiger partial charge >= 0.3 is 5.97 Å². The Hall–Kier alpha value is -2.35. The smallest absolute Gasteiger partial charge is 0.330 e. The van der Waals surface area contributed by atoms with Crippen molar-refractivity contribution in [1.82, 2.24) is 0 Å². The molecular formula is C19H20O2. The summed E-state index contributed by atoms with van der Waals surface area (Å²) in [5, 5.41) is 0. The topological polar surface area (TPSA) is 26.3 Å². The molecule has 2 heteroatoms. The molecule has 0 amide bonds. The van der Waals surface area contributed by atoms with Crippen LogP contribution < -0.4 is 0 Å². The number of hydrogen-bond acceptors (Lipinski definition) is 2. The zero-order chi connectivity index (χ0) is 14.9. The van der Waals surface area contributed by atoms with Crippen molar-refractivity contribution in [3.05, 3.63) is 83.9 Å². The normalized spacial score (nSPS) is 12.2. The molecule has 0 N–H and O–H groups in total. The molecule has 0 spiro atoms. The number of allylic oxidation sites excluding steroid dienone is 1. The van der Waals surface area contributed by atoms with Gasteiger partial charge in [0.2, 0.25) is 0 Å². The maximum Gasteiger partial charge on any atom is 0.330 e. The van der Waals surface area contributed by atoms with Crippen LogP contribution in [-0.2, 0) is 22.6 Å². The molecule has 0 aromatic heterocycles. The lowest BCUT2D eigenvalue weighted by Crippen LogP contribution is -2.02. The van der Waals surface area contributed by atoms with Gasteiger partial charge < -0.3 is 4.74 Å². The Bertz CT molecular complexity index is 573. The Balaban J connectivity index is 1.76. The first-order chi connectivity index (χ1) is 10.2. The van der Waals surface area contributed by atoms with Crippen LogP contribution in [0, 0.1) is 5.92 Å². The Morgan fingerprint density at radius 2 is 1.57 bits per heavy atom. The molecule has 108 valence electrons. The second-order valence-corrected chi connectivity index (χ2v) is 5.12. The minimum absolute atomic E-state index is 0.293. The van der Waals surface area contributed by atoms with Crippen LogP contribution in [0.5, 0.6) is 0 Å². The SMILES string of the molecule is C[C@@H](/C=C/C(=O)OCc1ccccc1)Cc1ccccc1. The molecular weight excluding hydrogens is 260 g/mol. The van der Waals surface area contributed by atoms with Crippen molar-refractivity contribution in [2.45, 2.75) is 20.0 Å². The van der Waals surface area contributed by atoms with Crippen LogP contribution in [0.15, 0.2) is 72.8 Å². The van der Waals surface area contributed by atoms with Crippen LogP contribution in [-0.4, -0.2) is 5.97 Å². The number of carbonyl (C=O) groups excluding carboxylic acids is 1. The standard InChI is InChI=1S/C19H20O2/c1-16(14-17-8-4-2-5-9-17)12-13-19(20)21-15-18-10-6-3-7-11-18/h2-13,16H,14-15H2,1H3/b13-12+/t16-/m0/s1. The van der Waals surface area contributed by atoms with Crippen LogP contribution in [0.25, 0.3) is 0 Å². The molecule has 2 aromatic rings. The molecule has 21 heavy (non-hydrogen) atoms. The van der Waals surface area contributed by atoms with Crippen molar-refractivity contribution in [1.29, 1.82) is 0 Å². The summed E-state index contributed by atoms with van der Waals surface area (Å²) in [7, 11) is 0. The van der Waals surface area contributed by atoms with E-state index in [1.807, 2.05) is 54.6 Å². The van der Waals surface area contributed by atoms with E-state index in [2.05, 4.69) is 19.1 Å². The summed E-state index contributed by atoms with van der Waals surface area (Å²) in [6.45, 7) is 2.41. The van der Waals surface area contributed by atoms with E-state index in [-0.39, 0.29) is 5.97 Å². The van der Waals surface area contributed by atoms with E-state index in [1.54, 1.807) is 0 Å². The Labute approximate surface area is 126 Å². The van der Waals surface area contributed by atoms with Gasteiger partial charge in [-0.25, -0.2) is 4.79 Å². The maximum atomic E-state index is 11.7. The fourth-order valence-electron chi connectivity index (χ4n) is 2.07. The second kappa shape index (κ2) is 8.05. The predicted molar refractivity (Wildman–Crippen MR) is 84.7 cm³/mol. The summed E-state index contributed by atoms with van der Waals surface area (Å²) >= 11 is 0. The number of benzene rings is 2. The Morgan fingerprint density at radius 3 is 2.19 bits per heavy atom. The Morgan fingerprint density at radius 1 is 1.00 bits per heavy atom. The molecule has 0 aliphatic rings. The van der Waals surface area contributed by atoms with Gasteiger partial charge in [-0.15, -0.1) is 0 Å². The van der Waals surface area contributed by atoms with Crippen LogP contribution in [0.1, 0.15) is 18.1 Å². The van der Waals surface area contributed by atoms with Gasteiger partial charge in [0.05, 0.1) is 0 Å². The lowest BCUT2D eigenvalue weighted by Gasteiger charge is -2.06. The molecule has 0 radical (unpaired) electrons. The molecule has 0 saturated carbocycles. The van der Waals surface area contributed by atoms with Crippen molar-refractivity contribution in [3.8, 4) is 0 Å². The molecule has 0 unspecified atom stereocenters. The van der Waals surface area contributed by atoms with E-state index < -0.39 is 0 Å². The molecule has 2 rings (SSSR count). The highest BCUT2D eigenvalue weighted by Gasteiger charge is 2.02. The van der Waals surface area contributed by atoms with Gasteiger partial charge in [-0.1, -0.05) is 73.7 Å². The Kier molecular flexibility index (Phi) is 5.77. The first-order valence-electron chi connectivity index (χ1n) is 7.17. The summed E-state index contributed by atoms with van der Waals surface area (Å²) in [4.78, 5) is 11.7. The molecule has 1 atom stereocenters. The van der Waals surface area contributed by atoms with Crippen LogP contribution >= 0.6 is 0 Å². The second-order valence-electron chi connectivity index (χ2n) is 5.12. The van der Waals surface area contributed by atoms with Crippen molar-refractivity contribution in [2.75, 3.05) is 0 Å². The summed E-state index contributed by atoms with van der Waals surface area (Å²) in [6.07, 6.45) is 4.35. The summed E-state index contributed by atoms with van der Waals surface area (Å²) < 4.78 is 5.20. The zero-order valence-electron chi connectivity index (χ0n) is 12.2. The van der Waals surface area contributed by atoms with Crippen molar-refractivity contribution in [3.63, 3.8) is 0 Å². The van der Waals surface area contributed by atoms with Gasteiger partial charge in [0.1, 0.15) is 6.61 Å². The van der Waals surface area contributed by atoms with Gasteiger partial charge in [0.15, 0.2) is 0 Å². The van der Waals surface area contributed by atoms with Crippen LogP contribution in [0.4, 0.5) is 0 Å². The number of ether oxygens (including phenoxy) is 1. The number of hydrogen-bond donors (Lipinski definition) is 0. The molecule has 0 heterocycles. The highest BCUT2D eigenvalue weighted by Crippen LogP contribution is 2.09. The predicted octanol–water partition coefficient (Wildman–Crippen LogP) is 4.16.